The number of nitrogens with zero attached hydrogens (tertiary/aromatic N) is 2. The van der Waals surface area contributed by atoms with E-state index < -0.39 is 6.03 Å². The van der Waals surface area contributed by atoms with Crippen LogP contribution in [-0.2, 0) is 11.3 Å². The number of para-hydroxylation sites is 2. The first-order valence-electron chi connectivity index (χ1n) is 9.10. The minimum Gasteiger partial charge on any atom is -0.506 e. The summed E-state index contributed by atoms with van der Waals surface area (Å²) < 4.78 is 12.9. The number of hydrogen-bond donors (Lipinski definition) is 3. The maximum Gasteiger partial charge on any atom is 0.315 e. The second-order valence-corrected chi connectivity index (χ2v) is 6.52. The van der Waals surface area contributed by atoms with Crippen molar-refractivity contribution < 1.29 is 19.1 Å². The summed E-state index contributed by atoms with van der Waals surface area (Å²) in [5, 5.41) is 15.1. The summed E-state index contributed by atoms with van der Waals surface area (Å²) >= 11 is 0. The van der Waals surface area contributed by atoms with Crippen LogP contribution < -0.4 is 15.5 Å². The number of carbonyl (C=O) groups is 2. The highest BCUT2D eigenvalue weighted by molar-refractivity contribution is 5.84. The highest BCUT2D eigenvalue weighted by Gasteiger charge is 2.22. The molecule has 0 aromatic heterocycles. The molecule has 148 valence electrons. The number of carbonyl (C=O) groups excluding carboxylic acids is 2. The fraction of sp³-hybridized carbons (Fsp3) is 0.300. The number of anilines is 1. The average molecular weight is 386 g/mol. The van der Waals surface area contributed by atoms with Gasteiger partial charge in [-0.3, -0.25) is 4.79 Å². The van der Waals surface area contributed by atoms with Crippen LogP contribution in [0, 0.1) is 5.82 Å². The number of urea groups is 1. The number of nitrogens with one attached hydrogen (secondary N) is 2. The number of rotatable bonds is 5. The molecule has 1 heterocycles. The largest absolute Gasteiger partial charge is 0.506 e. The van der Waals surface area contributed by atoms with Crippen molar-refractivity contribution in [3.63, 3.8) is 0 Å². The first-order chi connectivity index (χ1) is 13.5. The number of benzene rings is 2. The molecule has 0 saturated carbocycles. The molecule has 28 heavy (non-hydrogen) atoms. The Labute approximate surface area is 162 Å². The Bertz CT molecular complexity index is 820. The summed E-state index contributed by atoms with van der Waals surface area (Å²) in [5.74, 6) is -0.267. The molecular weight excluding hydrogens is 363 g/mol. The van der Waals surface area contributed by atoms with Gasteiger partial charge in [0, 0.05) is 32.7 Å². The van der Waals surface area contributed by atoms with Crippen molar-refractivity contribution in [2.75, 3.05) is 37.6 Å². The number of amides is 3. The number of aromatic hydroxyl groups is 1. The van der Waals surface area contributed by atoms with Crippen molar-refractivity contribution in [2.45, 2.75) is 6.54 Å². The molecule has 1 fully saturated rings. The third-order valence-corrected chi connectivity index (χ3v) is 4.62. The maximum atomic E-state index is 12.9. The molecule has 0 aliphatic carbocycles. The second-order valence-electron chi connectivity index (χ2n) is 6.52. The lowest BCUT2D eigenvalue weighted by Gasteiger charge is -2.36. The molecule has 2 aromatic carbocycles. The van der Waals surface area contributed by atoms with Crippen molar-refractivity contribution in [3.8, 4) is 5.75 Å². The van der Waals surface area contributed by atoms with Gasteiger partial charge in [-0.05, 0) is 29.8 Å². The van der Waals surface area contributed by atoms with E-state index in [1.54, 1.807) is 29.2 Å². The Morgan fingerprint density at radius 2 is 1.64 bits per heavy atom. The van der Waals surface area contributed by atoms with Crippen LogP contribution >= 0.6 is 0 Å². The zero-order valence-electron chi connectivity index (χ0n) is 15.4. The van der Waals surface area contributed by atoms with Crippen LogP contribution in [0.3, 0.4) is 0 Å². The fourth-order valence-corrected chi connectivity index (χ4v) is 3.04. The Hall–Kier alpha value is -3.29. The van der Waals surface area contributed by atoms with Gasteiger partial charge in [0.05, 0.1) is 12.2 Å². The van der Waals surface area contributed by atoms with Crippen LogP contribution in [0.4, 0.5) is 14.9 Å². The molecule has 0 atom stereocenters. The highest BCUT2D eigenvalue weighted by atomic mass is 19.1. The summed E-state index contributed by atoms with van der Waals surface area (Å²) in [6.07, 6.45) is 0. The van der Waals surface area contributed by atoms with Gasteiger partial charge in [-0.15, -0.1) is 0 Å². The Morgan fingerprint density at radius 3 is 2.32 bits per heavy atom. The van der Waals surface area contributed by atoms with Gasteiger partial charge in [-0.25, -0.2) is 9.18 Å². The zero-order chi connectivity index (χ0) is 19.9. The van der Waals surface area contributed by atoms with Gasteiger partial charge >= 0.3 is 6.03 Å². The molecule has 2 aromatic rings. The first-order valence-corrected chi connectivity index (χ1v) is 9.10. The number of phenolic OH excluding ortho intramolecular Hbond substituents is 1. The quantitative estimate of drug-likeness (QED) is 0.730. The zero-order valence-corrected chi connectivity index (χ0v) is 15.4. The normalized spacial score (nSPS) is 13.9. The van der Waals surface area contributed by atoms with Gasteiger partial charge < -0.3 is 25.5 Å². The van der Waals surface area contributed by atoms with Crippen molar-refractivity contribution in [2.24, 2.45) is 0 Å². The van der Waals surface area contributed by atoms with Gasteiger partial charge in [0.1, 0.15) is 11.6 Å². The molecule has 1 saturated heterocycles. The van der Waals surface area contributed by atoms with E-state index in [2.05, 4.69) is 10.6 Å². The standard InChI is InChI=1S/C20H23FN4O3/c21-16-7-5-15(6-8-16)13-22-20(28)23-14-19(27)25-11-9-24(10-12-25)17-3-1-2-4-18(17)26/h1-8,26H,9-14H2,(H2,22,23,28). The molecule has 3 amide bonds. The van der Waals surface area contributed by atoms with Crippen molar-refractivity contribution in [1.82, 2.24) is 15.5 Å². The summed E-state index contributed by atoms with van der Waals surface area (Å²) in [4.78, 5) is 27.9. The number of piperazine rings is 1. The molecule has 1 aliphatic rings. The first kappa shape index (κ1) is 19.5. The summed E-state index contributed by atoms with van der Waals surface area (Å²) in [6.45, 7) is 2.42. The summed E-state index contributed by atoms with van der Waals surface area (Å²) in [6, 6.07) is 12.5. The number of phenols is 1. The minimum absolute atomic E-state index is 0.0914. The van der Waals surface area contributed by atoms with E-state index in [0.717, 1.165) is 11.3 Å². The van der Waals surface area contributed by atoms with E-state index in [1.165, 1.54) is 12.1 Å². The van der Waals surface area contributed by atoms with E-state index in [1.807, 2.05) is 17.0 Å². The molecule has 0 unspecified atom stereocenters. The Kier molecular flexibility index (Phi) is 6.31. The van der Waals surface area contributed by atoms with Gasteiger partial charge in [0.2, 0.25) is 5.91 Å². The van der Waals surface area contributed by atoms with Crippen LogP contribution in [0.25, 0.3) is 0 Å². The molecule has 3 N–H and O–H groups in total. The van der Waals surface area contributed by atoms with E-state index in [-0.39, 0.29) is 30.6 Å². The summed E-state index contributed by atoms with van der Waals surface area (Å²) in [7, 11) is 0. The van der Waals surface area contributed by atoms with E-state index in [9.17, 15) is 19.1 Å². The minimum atomic E-state index is -0.453. The molecular formula is C20H23FN4O3. The van der Waals surface area contributed by atoms with Gasteiger partial charge in [0.15, 0.2) is 0 Å². The lowest BCUT2D eigenvalue weighted by molar-refractivity contribution is -0.130. The van der Waals surface area contributed by atoms with Crippen molar-refractivity contribution >= 4 is 17.6 Å². The molecule has 8 heteroatoms. The third kappa shape index (κ3) is 5.12. The smallest absolute Gasteiger partial charge is 0.315 e. The Morgan fingerprint density at radius 1 is 0.964 bits per heavy atom. The predicted octanol–water partition coefficient (Wildman–Crippen LogP) is 1.68. The van der Waals surface area contributed by atoms with Crippen LogP contribution in [0.2, 0.25) is 0 Å². The monoisotopic (exact) mass is 386 g/mol. The fourth-order valence-electron chi connectivity index (χ4n) is 3.04. The summed E-state index contributed by atoms with van der Waals surface area (Å²) in [5.41, 5.74) is 1.52. The van der Waals surface area contributed by atoms with E-state index in [4.69, 9.17) is 0 Å². The van der Waals surface area contributed by atoms with Crippen LogP contribution in [0.1, 0.15) is 5.56 Å². The topological polar surface area (TPSA) is 84.9 Å². The third-order valence-electron chi connectivity index (χ3n) is 4.62. The van der Waals surface area contributed by atoms with Gasteiger partial charge in [0.25, 0.3) is 0 Å². The van der Waals surface area contributed by atoms with Gasteiger partial charge in [-0.2, -0.15) is 0 Å². The van der Waals surface area contributed by atoms with Crippen molar-refractivity contribution in [3.05, 3.63) is 59.9 Å². The van der Waals surface area contributed by atoms with Crippen molar-refractivity contribution in [1.29, 1.82) is 0 Å². The van der Waals surface area contributed by atoms with E-state index in [0.29, 0.717) is 26.2 Å². The predicted molar refractivity (Wildman–Crippen MR) is 104 cm³/mol. The number of halogens is 1. The lowest BCUT2D eigenvalue weighted by atomic mass is 10.2. The maximum absolute atomic E-state index is 12.9. The molecule has 0 spiro atoms. The van der Waals surface area contributed by atoms with Gasteiger partial charge in [-0.1, -0.05) is 24.3 Å². The van der Waals surface area contributed by atoms with Crippen LogP contribution in [-0.4, -0.2) is 54.7 Å². The number of hydrogen-bond acceptors (Lipinski definition) is 4. The van der Waals surface area contributed by atoms with Crippen LogP contribution in [0.15, 0.2) is 48.5 Å². The molecule has 0 bridgehead atoms. The highest BCUT2D eigenvalue weighted by Crippen LogP contribution is 2.27. The second kappa shape index (κ2) is 9.07. The molecule has 0 radical (unpaired) electrons. The molecule has 3 rings (SSSR count). The van der Waals surface area contributed by atoms with E-state index >= 15 is 0 Å². The lowest BCUT2D eigenvalue weighted by Crippen LogP contribution is -2.52. The Balaban J connectivity index is 1.39. The average Bonchev–Trinajstić information content (AvgIpc) is 2.72. The SMILES string of the molecule is O=C(NCC(=O)N1CCN(c2ccccc2O)CC1)NCc1ccc(F)cc1. The van der Waals surface area contributed by atoms with Crippen LogP contribution in [0.5, 0.6) is 5.75 Å². The molecule has 1 aliphatic heterocycles. The molecule has 7 nitrogen and oxygen atoms in total.